The molecule has 2 rings (SSSR count). The van der Waals surface area contributed by atoms with E-state index in [2.05, 4.69) is 0 Å². The molecule has 0 saturated carbocycles. The zero-order valence-electron chi connectivity index (χ0n) is 14.6. The van der Waals surface area contributed by atoms with Gasteiger partial charge < -0.3 is 14.5 Å². The van der Waals surface area contributed by atoms with Gasteiger partial charge in [0.15, 0.2) is 0 Å². The molecule has 0 aromatic heterocycles. The van der Waals surface area contributed by atoms with Gasteiger partial charge in [-0.05, 0) is 31.0 Å². The third kappa shape index (κ3) is 4.41. The van der Waals surface area contributed by atoms with Gasteiger partial charge in [-0.2, -0.15) is 0 Å². The normalized spacial score (nSPS) is 15.2. The van der Waals surface area contributed by atoms with Gasteiger partial charge in [-0.15, -0.1) is 0 Å². The summed E-state index contributed by atoms with van der Waals surface area (Å²) in [4.78, 5) is 28.2. The molecule has 0 aliphatic carbocycles. The monoisotopic (exact) mass is 352 g/mol. The van der Waals surface area contributed by atoms with Gasteiger partial charge >= 0.3 is 0 Å². The first-order chi connectivity index (χ1) is 11.5. The number of benzene rings is 1. The summed E-state index contributed by atoms with van der Waals surface area (Å²) in [7, 11) is 1.59. The fourth-order valence-corrected chi connectivity index (χ4v) is 3.13. The van der Waals surface area contributed by atoms with E-state index in [1.54, 1.807) is 13.2 Å². The van der Waals surface area contributed by atoms with Crippen molar-refractivity contribution in [1.29, 1.82) is 0 Å². The fourth-order valence-electron chi connectivity index (χ4n) is 2.94. The maximum atomic E-state index is 12.7. The van der Waals surface area contributed by atoms with E-state index in [0.29, 0.717) is 36.8 Å². The van der Waals surface area contributed by atoms with Crippen LogP contribution in [0.3, 0.4) is 0 Å². The zero-order chi connectivity index (χ0) is 17.7. The standard InChI is InChI=1S/C18H25ClN2O3/c1-4-17(22)20-6-5-7-21(9-8-20)18(23)12-14-11-15(19)13(2)10-16(14)24-3/h10-11H,4-9,12H2,1-3H3. The van der Waals surface area contributed by atoms with Crippen LogP contribution in [-0.2, 0) is 16.0 Å². The number of hydrogen-bond acceptors (Lipinski definition) is 3. The molecular formula is C18H25ClN2O3. The Balaban J connectivity index is 2.05. The number of carbonyl (C=O) groups excluding carboxylic acids is 2. The summed E-state index contributed by atoms with van der Waals surface area (Å²) in [5.41, 5.74) is 1.72. The Bertz CT molecular complexity index is 619. The SMILES string of the molecule is CCC(=O)N1CCCN(C(=O)Cc2cc(Cl)c(C)cc2OC)CC1. The first-order valence-corrected chi connectivity index (χ1v) is 8.72. The first kappa shape index (κ1) is 18.6. The van der Waals surface area contributed by atoms with Crippen LogP contribution in [0.1, 0.15) is 30.9 Å². The number of halogens is 1. The minimum Gasteiger partial charge on any atom is -0.496 e. The summed E-state index contributed by atoms with van der Waals surface area (Å²) in [6.07, 6.45) is 1.57. The van der Waals surface area contributed by atoms with E-state index in [-0.39, 0.29) is 18.2 Å². The van der Waals surface area contributed by atoms with Crippen LogP contribution in [0.5, 0.6) is 5.75 Å². The van der Waals surface area contributed by atoms with Crippen molar-refractivity contribution in [1.82, 2.24) is 9.80 Å². The average molecular weight is 353 g/mol. The molecule has 6 heteroatoms. The van der Waals surface area contributed by atoms with E-state index in [4.69, 9.17) is 16.3 Å². The molecular weight excluding hydrogens is 328 g/mol. The summed E-state index contributed by atoms with van der Waals surface area (Å²) < 4.78 is 5.37. The summed E-state index contributed by atoms with van der Waals surface area (Å²) in [6.45, 7) is 6.34. The number of aryl methyl sites for hydroxylation is 1. The minimum absolute atomic E-state index is 0.0408. The van der Waals surface area contributed by atoms with Crippen molar-refractivity contribution < 1.29 is 14.3 Å². The van der Waals surface area contributed by atoms with Gasteiger partial charge in [-0.1, -0.05) is 18.5 Å². The largest absolute Gasteiger partial charge is 0.496 e. The molecule has 0 N–H and O–H groups in total. The third-order valence-corrected chi connectivity index (χ3v) is 4.81. The molecule has 0 unspecified atom stereocenters. The Morgan fingerprint density at radius 1 is 1.12 bits per heavy atom. The third-order valence-electron chi connectivity index (χ3n) is 4.41. The predicted molar refractivity (Wildman–Crippen MR) is 94.5 cm³/mol. The Labute approximate surface area is 148 Å². The summed E-state index contributed by atoms with van der Waals surface area (Å²) in [5.74, 6) is 0.873. The molecule has 1 aliphatic heterocycles. The van der Waals surface area contributed by atoms with Crippen molar-refractivity contribution >= 4 is 23.4 Å². The number of ether oxygens (including phenoxy) is 1. The molecule has 1 heterocycles. The number of amides is 2. The fraction of sp³-hybridized carbons (Fsp3) is 0.556. The molecule has 1 aromatic rings. The van der Waals surface area contributed by atoms with Crippen LogP contribution in [0.2, 0.25) is 5.02 Å². The van der Waals surface area contributed by atoms with Gasteiger partial charge in [0, 0.05) is 43.2 Å². The van der Waals surface area contributed by atoms with Crippen molar-refractivity contribution in [2.45, 2.75) is 33.1 Å². The Morgan fingerprint density at radius 3 is 2.33 bits per heavy atom. The maximum absolute atomic E-state index is 12.7. The van der Waals surface area contributed by atoms with E-state index < -0.39 is 0 Å². The second kappa shape index (κ2) is 8.38. The molecule has 2 amide bonds. The molecule has 5 nitrogen and oxygen atoms in total. The lowest BCUT2D eigenvalue weighted by Crippen LogP contribution is -2.37. The highest BCUT2D eigenvalue weighted by Gasteiger charge is 2.22. The smallest absolute Gasteiger partial charge is 0.227 e. The van der Waals surface area contributed by atoms with Crippen LogP contribution in [0.15, 0.2) is 12.1 Å². The van der Waals surface area contributed by atoms with Crippen molar-refractivity contribution in [2.75, 3.05) is 33.3 Å². The maximum Gasteiger partial charge on any atom is 0.227 e. The van der Waals surface area contributed by atoms with Crippen LogP contribution in [0.25, 0.3) is 0 Å². The summed E-state index contributed by atoms with van der Waals surface area (Å²) in [6, 6.07) is 3.66. The molecule has 132 valence electrons. The molecule has 24 heavy (non-hydrogen) atoms. The Hall–Kier alpha value is -1.75. The van der Waals surface area contributed by atoms with Gasteiger partial charge in [0.1, 0.15) is 5.75 Å². The highest BCUT2D eigenvalue weighted by molar-refractivity contribution is 6.31. The Morgan fingerprint density at radius 2 is 1.75 bits per heavy atom. The predicted octanol–water partition coefficient (Wildman–Crippen LogP) is 2.67. The van der Waals surface area contributed by atoms with Crippen molar-refractivity contribution in [3.8, 4) is 5.75 Å². The lowest BCUT2D eigenvalue weighted by atomic mass is 10.1. The molecule has 0 bridgehead atoms. The molecule has 1 aromatic carbocycles. The number of nitrogens with zero attached hydrogens (tertiary/aromatic N) is 2. The molecule has 1 aliphatic rings. The van der Waals surface area contributed by atoms with Crippen molar-refractivity contribution in [2.24, 2.45) is 0 Å². The second-order valence-corrected chi connectivity index (χ2v) is 6.47. The minimum atomic E-state index is 0.0408. The quantitative estimate of drug-likeness (QED) is 0.837. The van der Waals surface area contributed by atoms with Crippen LogP contribution in [-0.4, -0.2) is 54.9 Å². The van der Waals surface area contributed by atoms with Crippen molar-refractivity contribution in [3.63, 3.8) is 0 Å². The number of hydrogen-bond donors (Lipinski definition) is 0. The van der Waals surface area contributed by atoms with Gasteiger partial charge in [0.25, 0.3) is 0 Å². The number of carbonyl (C=O) groups is 2. The average Bonchev–Trinajstić information content (AvgIpc) is 2.83. The van der Waals surface area contributed by atoms with Gasteiger partial charge in [-0.3, -0.25) is 9.59 Å². The van der Waals surface area contributed by atoms with E-state index >= 15 is 0 Å². The van der Waals surface area contributed by atoms with Crippen LogP contribution in [0.4, 0.5) is 0 Å². The highest BCUT2D eigenvalue weighted by atomic mass is 35.5. The number of methoxy groups -OCH3 is 1. The van der Waals surface area contributed by atoms with Crippen LogP contribution >= 0.6 is 11.6 Å². The van der Waals surface area contributed by atoms with Gasteiger partial charge in [0.2, 0.25) is 11.8 Å². The molecule has 0 atom stereocenters. The highest BCUT2D eigenvalue weighted by Crippen LogP contribution is 2.27. The number of rotatable bonds is 4. The Kier molecular flexibility index (Phi) is 6.49. The molecule has 1 fully saturated rings. The van der Waals surface area contributed by atoms with Gasteiger partial charge in [0.05, 0.1) is 13.5 Å². The van der Waals surface area contributed by atoms with Crippen LogP contribution in [0, 0.1) is 6.92 Å². The van der Waals surface area contributed by atoms with E-state index in [1.807, 2.05) is 29.7 Å². The second-order valence-electron chi connectivity index (χ2n) is 6.06. The first-order valence-electron chi connectivity index (χ1n) is 8.34. The summed E-state index contributed by atoms with van der Waals surface area (Å²) in [5, 5.41) is 0.634. The lowest BCUT2D eigenvalue weighted by Gasteiger charge is -2.22. The van der Waals surface area contributed by atoms with E-state index in [0.717, 1.165) is 24.1 Å². The lowest BCUT2D eigenvalue weighted by molar-refractivity contribution is -0.133. The molecule has 0 spiro atoms. The molecule has 0 radical (unpaired) electrons. The van der Waals surface area contributed by atoms with Crippen LogP contribution < -0.4 is 4.74 Å². The zero-order valence-corrected chi connectivity index (χ0v) is 15.4. The topological polar surface area (TPSA) is 49.9 Å². The van der Waals surface area contributed by atoms with Crippen molar-refractivity contribution in [3.05, 3.63) is 28.3 Å². The van der Waals surface area contributed by atoms with Gasteiger partial charge in [-0.25, -0.2) is 0 Å². The van der Waals surface area contributed by atoms with E-state index in [9.17, 15) is 9.59 Å². The molecule has 1 saturated heterocycles. The van der Waals surface area contributed by atoms with E-state index in [1.165, 1.54) is 0 Å². The summed E-state index contributed by atoms with van der Waals surface area (Å²) >= 11 is 6.18.